The Morgan fingerprint density at radius 2 is 1.79 bits per heavy atom. The van der Waals surface area contributed by atoms with Gasteiger partial charge in [0.2, 0.25) is 23.6 Å². The van der Waals surface area contributed by atoms with Crippen molar-refractivity contribution in [3.05, 3.63) is 0 Å². The maximum Gasteiger partial charge on any atom is 0.325 e. The topological polar surface area (TPSA) is 185 Å². The highest BCUT2D eigenvalue weighted by molar-refractivity contribution is 5.95. The van der Waals surface area contributed by atoms with Gasteiger partial charge >= 0.3 is 5.97 Å². The molecule has 1 aliphatic heterocycles. The Bertz CT molecular complexity index is 655. The number of rotatable bonds is 10. The number of amides is 4. The van der Waals surface area contributed by atoms with Crippen molar-refractivity contribution in [2.24, 2.45) is 17.4 Å². The summed E-state index contributed by atoms with van der Waals surface area (Å²) in [6.07, 6.45) is 1.19. The molecular formula is C18H31N5O6. The number of nitrogens with zero attached hydrogens (tertiary/aromatic N) is 1. The first-order valence-corrected chi connectivity index (χ1v) is 9.67. The molecule has 0 bridgehead atoms. The van der Waals surface area contributed by atoms with Gasteiger partial charge in [-0.25, -0.2) is 0 Å². The smallest absolute Gasteiger partial charge is 0.325 e. The molecule has 1 saturated heterocycles. The van der Waals surface area contributed by atoms with E-state index in [9.17, 15) is 24.0 Å². The van der Waals surface area contributed by atoms with E-state index in [1.54, 1.807) is 6.92 Å². The fourth-order valence-electron chi connectivity index (χ4n) is 3.11. The number of primary amides is 1. The second-order valence-corrected chi connectivity index (χ2v) is 7.41. The summed E-state index contributed by atoms with van der Waals surface area (Å²) in [4.78, 5) is 61.2. The zero-order chi connectivity index (χ0) is 22.3. The molecule has 0 aromatic rings. The molecular weight excluding hydrogens is 382 g/mol. The maximum absolute atomic E-state index is 13.1. The number of carbonyl (C=O) groups is 5. The van der Waals surface area contributed by atoms with Crippen LogP contribution in [0.4, 0.5) is 0 Å². The Morgan fingerprint density at radius 1 is 1.17 bits per heavy atom. The van der Waals surface area contributed by atoms with E-state index >= 15 is 0 Å². The number of nitrogens with two attached hydrogens (primary N) is 2. The lowest BCUT2D eigenvalue weighted by molar-refractivity contribution is -0.145. The van der Waals surface area contributed by atoms with Gasteiger partial charge in [0.1, 0.15) is 18.1 Å². The van der Waals surface area contributed by atoms with Gasteiger partial charge in [0.25, 0.3) is 0 Å². The second-order valence-electron chi connectivity index (χ2n) is 7.41. The molecule has 0 saturated carbocycles. The molecule has 0 aromatic heterocycles. The summed E-state index contributed by atoms with van der Waals surface area (Å²) < 4.78 is 0. The molecule has 0 aliphatic carbocycles. The van der Waals surface area contributed by atoms with Gasteiger partial charge in [0.15, 0.2) is 0 Å². The fourth-order valence-corrected chi connectivity index (χ4v) is 3.11. The molecule has 0 spiro atoms. The van der Waals surface area contributed by atoms with E-state index in [2.05, 4.69) is 10.6 Å². The molecule has 0 radical (unpaired) electrons. The number of aliphatic carboxylic acids is 1. The molecule has 1 fully saturated rings. The summed E-state index contributed by atoms with van der Waals surface area (Å²) in [6, 6.07) is -4.01. The maximum atomic E-state index is 13.1. The number of carbonyl (C=O) groups excluding carboxylic acids is 4. The number of likely N-dealkylation sites (tertiary alicyclic amines) is 1. The fraction of sp³-hybridized carbons (Fsp3) is 0.722. The summed E-state index contributed by atoms with van der Waals surface area (Å²) in [7, 11) is 0. The van der Waals surface area contributed by atoms with Crippen LogP contribution in [0.3, 0.4) is 0 Å². The summed E-state index contributed by atoms with van der Waals surface area (Å²) in [5, 5.41) is 13.9. The third-order valence-corrected chi connectivity index (χ3v) is 5.10. The van der Waals surface area contributed by atoms with Gasteiger partial charge in [-0.3, -0.25) is 24.0 Å². The van der Waals surface area contributed by atoms with Gasteiger partial charge in [-0.2, -0.15) is 0 Å². The van der Waals surface area contributed by atoms with E-state index < -0.39 is 53.8 Å². The van der Waals surface area contributed by atoms with E-state index in [4.69, 9.17) is 16.6 Å². The number of carboxylic acids is 1. The van der Waals surface area contributed by atoms with Gasteiger partial charge < -0.3 is 32.1 Å². The van der Waals surface area contributed by atoms with Crippen molar-refractivity contribution in [1.82, 2.24) is 15.5 Å². The Kier molecular flexibility index (Phi) is 9.02. The first kappa shape index (κ1) is 24.3. The third kappa shape index (κ3) is 6.70. The molecule has 1 aliphatic rings. The van der Waals surface area contributed by atoms with Crippen LogP contribution >= 0.6 is 0 Å². The summed E-state index contributed by atoms with van der Waals surface area (Å²) >= 11 is 0. The summed E-state index contributed by atoms with van der Waals surface area (Å²) in [5.41, 5.74) is 10.7. The van der Waals surface area contributed by atoms with Crippen molar-refractivity contribution >= 4 is 29.6 Å². The molecule has 4 amide bonds. The first-order valence-electron chi connectivity index (χ1n) is 9.67. The minimum absolute atomic E-state index is 0.255. The number of hydrogen-bond donors (Lipinski definition) is 5. The van der Waals surface area contributed by atoms with Crippen molar-refractivity contribution in [2.45, 2.75) is 70.6 Å². The molecule has 5 unspecified atom stereocenters. The van der Waals surface area contributed by atoms with Crippen LogP contribution in [0.15, 0.2) is 0 Å². The predicted octanol–water partition coefficient (Wildman–Crippen LogP) is -1.70. The Balaban J connectivity index is 2.94. The normalized spacial score (nSPS) is 20.3. The minimum atomic E-state index is -1.18. The molecule has 5 atom stereocenters. The van der Waals surface area contributed by atoms with Crippen LogP contribution in [-0.4, -0.2) is 70.3 Å². The number of nitrogens with one attached hydrogen (secondary N) is 2. The largest absolute Gasteiger partial charge is 0.480 e. The summed E-state index contributed by atoms with van der Waals surface area (Å²) in [6.45, 7) is 5.28. The van der Waals surface area contributed by atoms with Crippen LogP contribution in [-0.2, 0) is 24.0 Å². The molecule has 7 N–H and O–H groups in total. The molecule has 164 valence electrons. The van der Waals surface area contributed by atoms with Crippen LogP contribution in [0.5, 0.6) is 0 Å². The molecule has 29 heavy (non-hydrogen) atoms. The molecule has 0 aromatic carbocycles. The van der Waals surface area contributed by atoms with Gasteiger partial charge in [0.05, 0.1) is 12.5 Å². The van der Waals surface area contributed by atoms with Gasteiger partial charge in [-0.05, 0) is 25.7 Å². The van der Waals surface area contributed by atoms with Crippen LogP contribution in [0, 0.1) is 5.92 Å². The summed E-state index contributed by atoms with van der Waals surface area (Å²) in [5.74, 6) is -3.84. The van der Waals surface area contributed by atoms with Crippen molar-refractivity contribution in [2.75, 3.05) is 6.54 Å². The minimum Gasteiger partial charge on any atom is -0.480 e. The highest BCUT2D eigenvalue weighted by Crippen LogP contribution is 2.21. The Hall–Kier alpha value is -2.69. The standard InChI is InChI=1S/C18H31N5O6/c1-4-9(2)14(22-15(25)11(19)8-13(20)24)17(27)23-7-5-6-12(23)16(26)21-10(3)18(28)29/h9-12,14H,4-8,19H2,1-3H3,(H2,20,24)(H,21,26)(H,22,25)(H,28,29). The van der Waals surface area contributed by atoms with E-state index in [0.717, 1.165) is 0 Å². The molecule has 11 heteroatoms. The Labute approximate surface area is 169 Å². The quantitative estimate of drug-likeness (QED) is 0.282. The van der Waals surface area contributed by atoms with Crippen LogP contribution in [0.2, 0.25) is 0 Å². The lowest BCUT2D eigenvalue weighted by Gasteiger charge is -2.32. The van der Waals surface area contributed by atoms with Crippen molar-refractivity contribution in [1.29, 1.82) is 0 Å². The predicted molar refractivity (Wildman–Crippen MR) is 103 cm³/mol. The molecule has 1 heterocycles. The second kappa shape index (κ2) is 10.7. The van der Waals surface area contributed by atoms with Crippen LogP contribution in [0.1, 0.15) is 46.5 Å². The highest BCUT2D eigenvalue weighted by atomic mass is 16.4. The monoisotopic (exact) mass is 413 g/mol. The van der Waals surface area contributed by atoms with Crippen molar-refractivity contribution in [3.63, 3.8) is 0 Å². The van der Waals surface area contributed by atoms with Gasteiger partial charge in [-0.15, -0.1) is 0 Å². The van der Waals surface area contributed by atoms with Crippen molar-refractivity contribution < 1.29 is 29.1 Å². The lowest BCUT2D eigenvalue weighted by atomic mass is 9.96. The highest BCUT2D eigenvalue weighted by Gasteiger charge is 2.40. The van der Waals surface area contributed by atoms with E-state index in [1.165, 1.54) is 11.8 Å². The molecule has 11 nitrogen and oxygen atoms in total. The zero-order valence-corrected chi connectivity index (χ0v) is 17.0. The van der Waals surface area contributed by atoms with E-state index in [0.29, 0.717) is 25.8 Å². The van der Waals surface area contributed by atoms with Crippen LogP contribution < -0.4 is 22.1 Å². The van der Waals surface area contributed by atoms with Crippen molar-refractivity contribution in [3.8, 4) is 0 Å². The zero-order valence-electron chi connectivity index (χ0n) is 17.0. The Morgan fingerprint density at radius 3 is 2.31 bits per heavy atom. The van der Waals surface area contributed by atoms with Gasteiger partial charge in [0, 0.05) is 6.54 Å². The van der Waals surface area contributed by atoms with Crippen LogP contribution in [0.25, 0.3) is 0 Å². The number of hydrogen-bond acceptors (Lipinski definition) is 6. The average Bonchev–Trinajstić information content (AvgIpc) is 3.13. The van der Waals surface area contributed by atoms with E-state index in [1.807, 2.05) is 6.92 Å². The number of carboxylic acid groups (broad SMARTS) is 1. The van der Waals surface area contributed by atoms with E-state index in [-0.39, 0.29) is 12.3 Å². The molecule has 1 rings (SSSR count). The SMILES string of the molecule is CCC(C)C(NC(=O)C(N)CC(N)=O)C(=O)N1CCCC1C(=O)NC(C)C(=O)O. The lowest BCUT2D eigenvalue weighted by Crippen LogP contribution is -2.58. The average molecular weight is 413 g/mol. The third-order valence-electron chi connectivity index (χ3n) is 5.10. The van der Waals surface area contributed by atoms with Gasteiger partial charge in [-0.1, -0.05) is 20.3 Å². The first-order chi connectivity index (χ1) is 13.5.